The lowest BCUT2D eigenvalue weighted by Gasteiger charge is -2.05. The van der Waals surface area contributed by atoms with Crippen molar-refractivity contribution in [2.75, 3.05) is 11.9 Å². The van der Waals surface area contributed by atoms with Gasteiger partial charge in [0.2, 0.25) is 5.88 Å². The number of hydrogen-bond donors (Lipinski definition) is 1. The van der Waals surface area contributed by atoms with Crippen LogP contribution in [-0.2, 0) is 4.79 Å². The van der Waals surface area contributed by atoms with E-state index in [1.54, 1.807) is 30.3 Å². The third kappa shape index (κ3) is 4.29. The zero-order valence-electron chi connectivity index (χ0n) is 13.9. The molecular formula is C19H13N3O5. The number of ether oxygens (including phenoxy) is 1. The number of furan rings is 1. The Morgan fingerprint density at radius 2 is 1.96 bits per heavy atom. The number of nitrogens with zero attached hydrogens (tertiary/aromatic N) is 2. The van der Waals surface area contributed by atoms with Crippen LogP contribution >= 0.6 is 0 Å². The van der Waals surface area contributed by atoms with Crippen molar-refractivity contribution in [1.29, 1.82) is 5.26 Å². The van der Waals surface area contributed by atoms with Gasteiger partial charge in [-0.25, -0.2) is 0 Å². The van der Waals surface area contributed by atoms with Crippen LogP contribution in [0.15, 0.2) is 65.1 Å². The molecule has 0 aliphatic heterocycles. The van der Waals surface area contributed by atoms with E-state index in [2.05, 4.69) is 5.32 Å². The fourth-order valence-electron chi connectivity index (χ4n) is 2.31. The molecule has 27 heavy (non-hydrogen) atoms. The van der Waals surface area contributed by atoms with Gasteiger partial charge in [0.1, 0.15) is 23.1 Å². The molecule has 3 rings (SSSR count). The lowest BCUT2D eigenvalue weighted by atomic mass is 10.1. The van der Waals surface area contributed by atoms with Crippen LogP contribution in [-0.4, -0.2) is 17.4 Å². The largest absolute Gasteiger partial charge is 0.484 e. The predicted molar refractivity (Wildman–Crippen MR) is 96.1 cm³/mol. The highest BCUT2D eigenvalue weighted by Gasteiger charge is 2.17. The van der Waals surface area contributed by atoms with Gasteiger partial charge in [0.15, 0.2) is 6.61 Å². The Morgan fingerprint density at radius 1 is 1.19 bits per heavy atom. The summed E-state index contributed by atoms with van der Waals surface area (Å²) in [7, 11) is 0. The second-order valence-electron chi connectivity index (χ2n) is 5.42. The molecule has 2 aromatic carbocycles. The minimum absolute atomic E-state index is 0.0410. The maximum atomic E-state index is 12.0. The van der Waals surface area contributed by atoms with Gasteiger partial charge in [-0.1, -0.05) is 30.3 Å². The average molecular weight is 363 g/mol. The first kappa shape index (κ1) is 17.7. The molecule has 1 amide bonds. The number of para-hydroxylation sites is 1. The minimum Gasteiger partial charge on any atom is -0.484 e. The molecule has 3 aromatic rings. The maximum Gasteiger partial charge on any atom is 0.270 e. The normalized spacial score (nSPS) is 10.0. The summed E-state index contributed by atoms with van der Waals surface area (Å²) < 4.78 is 10.9. The Kier molecular flexibility index (Phi) is 5.14. The van der Waals surface area contributed by atoms with E-state index in [4.69, 9.17) is 9.15 Å². The summed E-state index contributed by atoms with van der Waals surface area (Å²) in [6.07, 6.45) is 0. The maximum absolute atomic E-state index is 12.0. The van der Waals surface area contributed by atoms with Crippen LogP contribution in [0.4, 0.5) is 11.6 Å². The number of amides is 1. The van der Waals surface area contributed by atoms with E-state index in [1.807, 2.05) is 12.1 Å². The van der Waals surface area contributed by atoms with E-state index in [-0.39, 0.29) is 29.5 Å². The van der Waals surface area contributed by atoms with Gasteiger partial charge in [0, 0.05) is 23.8 Å². The Balaban J connectivity index is 1.75. The molecule has 8 nitrogen and oxygen atoms in total. The van der Waals surface area contributed by atoms with Gasteiger partial charge in [-0.2, -0.15) is 5.26 Å². The summed E-state index contributed by atoms with van der Waals surface area (Å²) in [5.74, 6) is 0.218. The van der Waals surface area contributed by atoms with Crippen molar-refractivity contribution in [3.8, 4) is 23.1 Å². The molecule has 0 unspecified atom stereocenters. The number of nitro groups is 1. The first-order chi connectivity index (χ1) is 13.1. The third-order valence-corrected chi connectivity index (χ3v) is 3.56. The van der Waals surface area contributed by atoms with Gasteiger partial charge in [-0.3, -0.25) is 20.2 Å². The van der Waals surface area contributed by atoms with Crippen LogP contribution in [0.5, 0.6) is 5.75 Å². The van der Waals surface area contributed by atoms with Crippen molar-refractivity contribution in [2.45, 2.75) is 0 Å². The number of nitrogens with one attached hydrogen (secondary N) is 1. The van der Waals surface area contributed by atoms with E-state index in [0.29, 0.717) is 11.3 Å². The Morgan fingerprint density at radius 3 is 2.67 bits per heavy atom. The van der Waals surface area contributed by atoms with E-state index >= 15 is 0 Å². The van der Waals surface area contributed by atoms with Crippen LogP contribution in [0.1, 0.15) is 5.56 Å². The summed E-state index contributed by atoms with van der Waals surface area (Å²) in [4.78, 5) is 22.4. The van der Waals surface area contributed by atoms with Gasteiger partial charge >= 0.3 is 0 Å². The van der Waals surface area contributed by atoms with Crippen molar-refractivity contribution < 1.29 is 18.9 Å². The number of non-ortho nitro benzene ring substituents is 1. The van der Waals surface area contributed by atoms with E-state index in [0.717, 1.165) is 0 Å². The molecular weight excluding hydrogens is 350 g/mol. The second-order valence-corrected chi connectivity index (χ2v) is 5.42. The van der Waals surface area contributed by atoms with Gasteiger partial charge in [0.05, 0.1) is 4.92 Å². The molecule has 0 atom stereocenters. The fraction of sp³-hybridized carbons (Fsp3) is 0.0526. The number of benzene rings is 2. The van der Waals surface area contributed by atoms with Gasteiger partial charge in [-0.15, -0.1) is 0 Å². The summed E-state index contributed by atoms with van der Waals surface area (Å²) in [6, 6.07) is 17.9. The molecule has 134 valence electrons. The molecule has 0 spiro atoms. The number of carbonyl (C=O) groups excluding carboxylic acids is 1. The highest BCUT2D eigenvalue weighted by Crippen LogP contribution is 2.30. The third-order valence-electron chi connectivity index (χ3n) is 3.56. The molecule has 0 aliphatic carbocycles. The quantitative estimate of drug-likeness (QED) is 0.526. The molecule has 0 saturated heterocycles. The number of nitriles is 1. The lowest BCUT2D eigenvalue weighted by Crippen LogP contribution is -2.20. The Hall–Kier alpha value is -4.12. The summed E-state index contributed by atoms with van der Waals surface area (Å²) in [5.41, 5.74) is 0.413. The summed E-state index contributed by atoms with van der Waals surface area (Å²) >= 11 is 0. The Bertz CT molecular complexity index is 1020. The van der Waals surface area contributed by atoms with Crippen LogP contribution in [0.2, 0.25) is 0 Å². The summed E-state index contributed by atoms with van der Waals surface area (Å²) in [5, 5.41) is 22.6. The number of rotatable bonds is 6. The number of anilines is 1. The molecule has 1 N–H and O–H groups in total. The molecule has 1 aromatic heterocycles. The molecule has 8 heteroatoms. The molecule has 0 bridgehead atoms. The van der Waals surface area contributed by atoms with Crippen LogP contribution in [0.3, 0.4) is 0 Å². The van der Waals surface area contributed by atoms with Gasteiger partial charge in [-0.05, 0) is 12.1 Å². The lowest BCUT2D eigenvalue weighted by molar-refractivity contribution is -0.384. The highest BCUT2D eigenvalue weighted by molar-refractivity contribution is 5.92. The Labute approximate surface area is 153 Å². The molecule has 0 radical (unpaired) electrons. The SMILES string of the molecule is N#Cc1cc(-c2cccc([N+](=O)[O-])c2)oc1NC(=O)COc1ccccc1. The van der Waals surface area contributed by atoms with Crippen molar-refractivity contribution in [2.24, 2.45) is 0 Å². The van der Waals surface area contributed by atoms with Crippen molar-refractivity contribution >= 4 is 17.5 Å². The van der Waals surface area contributed by atoms with Crippen molar-refractivity contribution in [1.82, 2.24) is 0 Å². The number of nitro benzene ring substituents is 1. The van der Waals surface area contributed by atoms with Crippen LogP contribution < -0.4 is 10.1 Å². The monoisotopic (exact) mass is 363 g/mol. The van der Waals surface area contributed by atoms with E-state index < -0.39 is 10.8 Å². The molecule has 0 saturated carbocycles. The average Bonchev–Trinajstić information content (AvgIpc) is 3.10. The number of hydrogen-bond acceptors (Lipinski definition) is 6. The number of carbonyl (C=O) groups is 1. The standard InChI is InChI=1S/C19H13N3O5/c20-11-14-10-17(13-5-4-6-15(9-13)22(24)25)27-19(14)21-18(23)12-26-16-7-2-1-3-8-16/h1-10H,12H2,(H,21,23). The molecule has 0 fully saturated rings. The van der Waals surface area contributed by atoms with Crippen molar-refractivity contribution in [3.05, 3.63) is 76.3 Å². The van der Waals surface area contributed by atoms with Gasteiger partial charge in [0.25, 0.3) is 11.6 Å². The van der Waals surface area contributed by atoms with E-state index in [9.17, 15) is 20.2 Å². The first-order valence-electron chi connectivity index (χ1n) is 7.83. The fourth-order valence-corrected chi connectivity index (χ4v) is 2.31. The zero-order chi connectivity index (χ0) is 19.2. The smallest absolute Gasteiger partial charge is 0.270 e. The minimum atomic E-state index is -0.527. The first-order valence-corrected chi connectivity index (χ1v) is 7.83. The van der Waals surface area contributed by atoms with Crippen LogP contribution in [0, 0.1) is 21.4 Å². The summed E-state index contributed by atoms with van der Waals surface area (Å²) in [6.45, 7) is -0.262. The topological polar surface area (TPSA) is 118 Å². The van der Waals surface area contributed by atoms with Crippen molar-refractivity contribution in [3.63, 3.8) is 0 Å². The van der Waals surface area contributed by atoms with Crippen LogP contribution in [0.25, 0.3) is 11.3 Å². The predicted octanol–water partition coefficient (Wildman–Crippen LogP) is 3.74. The second kappa shape index (κ2) is 7.84. The highest BCUT2D eigenvalue weighted by atomic mass is 16.6. The van der Waals surface area contributed by atoms with E-state index in [1.165, 1.54) is 24.3 Å². The molecule has 0 aliphatic rings. The zero-order valence-corrected chi connectivity index (χ0v) is 13.9. The van der Waals surface area contributed by atoms with Gasteiger partial charge < -0.3 is 9.15 Å². The molecule has 1 heterocycles.